The third-order valence-corrected chi connectivity index (χ3v) is 4.61. The normalized spacial score (nSPS) is 23.0. The van der Waals surface area contributed by atoms with Gasteiger partial charge in [-0.3, -0.25) is 4.90 Å². The molecule has 1 saturated heterocycles. The van der Waals surface area contributed by atoms with Crippen molar-refractivity contribution in [3.63, 3.8) is 0 Å². The van der Waals surface area contributed by atoms with Gasteiger partial charge < -0.3 is 14.6 Å². The second-order valence-corrected chi connectivity index (χ2v) is 6.92. The summed E-state index contributed by atoms with van der Waals surface area (Å²) in [6, 6.07) is 8.89. The molecule has 0 amide bonds. The molecule has 0 aliphatic carbocycles. The number of aryl methyl sites for hydroxylation is 1. The van der Waals surface area contributed by atoms with Gasteiger partial charge in [0, 0.05) is 44.4 Å². The molecular weight excluding hydrogens is 274 g/mol. The first-order valence-electron chi connectivity index (χ1n) is 8.16. The fraction of sp³-hybridized carbons (Fsp3) is 0.556. The van der Waals surface area contributed by atoms with Gasteiger partial charge in [0.05, 0.1) is 5.60 Å². The summed E-state index contributed by atoms with van der Waals surface area (Å²) in [5, 5.41) is 11.9. The molecule has 0 spiro atoms. The van der Waals surface area contributed by atoms with Crippen molar-refractivity contribution in [2.24, 2.45) is 0 Å². The lowest BCUT2D eigenvalue weighted by Gasteiger charge is -2.26. The number of β-amino-alcohol motifs (C(OH)–C–C–N with tert-alkyl or cyclic N) is 1. The van der Waals surface area contributed by atoms with Crippen LogP contribution in [0.2, 0.25) is 0 Å². The summed E-state index contributed by atoms with van der Waals surface area (Å²) in [5.74, 6) is 0. The molecule has 0 bridgehead atoms. The smallest absolute Gasteiger partial charge is 0.0912 e. The van der Waals surface area contributed by atoms with Gasteiger partial charge in [0.2, 0.25) is 0 Å². The van der Waals surface area contributed by atoms with E-state index in [2.05, 4.69) is 51.8 Å². The zero-order valence-electron chi connectivity index (χ0n) is 13.9. The molecule has 0 radical (unpaired) electrons. The van der Waals surface area contributed by atoms with Gasteiger partial charge in [0.1, 0.15) is 0 Å². The largest absolute Gasteiger partial charge is 0.387 e. The van der Waals surface area contributed by atoms with E-state index in [1.165, 1.54) is 16.5 Å². The van der Waals surface area contributed by atoms with Crippen LogP contribution in [0, 0.1) is 0 Å². The van der Waals surface area contributed by atoms with Crippen LogP contribution in [0.1, 0.15) is 18.9 Å². The fourth-order valence-electron chi connectivity index (χ4n) is 3.66. The van der Waals surface area contributed by atoms with Gasteiger partial charge >= 0.3 is 0 Å². The summed E-state index contributed by atoms with van der Waals surface area (Å²) in [5.41, 5.74) is 2.08. The minimum atomic E-state index is -0.558. The molecule has 1 aromatic carbocycles. The maximum Gasteiger partial charge on any atom is 0.0912 e. The van der Waals surface area contributed by atoms with Crippen molar-refractivity contribution in [2.45, 2.75) is 32.0 Å². The number of aliphatic hydroxyl groups is 1. The number of nitrogens with zero attached hydrogens (tertiary/aromatic N) is 3. The second-order valence-electron chi connectivity index (χ2n) is 6.92. The molecule has 22 heavy (non-hydrogen) atoms. The van der Waals surface area contributed by atoms with Gasteiger partial charge in [-0.25, -0.2) is 0 Å². The van der Waals surface area contributed by atoms with Crippen molar-refractivity contribution in [3.05, 3.63) is 36.0 Å². The molecule has 0 saturated carbocycles. The molecule has 1 atom stereocenters. The quantitative estimate of drug-likeness (QED) is 0.918. The molecule has 2 aromatic rings. The molecule has 3 rings (SSSR count). The summed E-state index contributed by atoms with van der Waals surface area (Å²) in [6.45, 7) is 6.56. The number of fused-ring (bicyclic) bond motifs is 1. The molecule has 1 fully saturated rings. The van der Waals surface area contributed by atoms with Crippen LogP contribution < -0.4 is 0 Å². The molecule has 120 valence electrons. The summed E-state index contributed by atoms with van der Waals surface area (Å²) in [7, 11) is 4.04. The van der Waals surface area contributed by atoms with Crippen molar-refractivity contribution in [1.82, 2.24) is 14.4 Å². The molecule has 4 nitrogen and oxygen atoms in total. The Morgan fingerprint density at radius 3 is 2.82 bits per heavy atom. The van der Waals surface area contributed by atoms with Crippen molar-refractivity contribution in [2.75, 3.05) is 33.7 Å². The summed E-state index contributed by atoms with van der Waals surface area (Å²) in [6.07, 6.45) is 3.01. The van der Waals surface area contributed by atoms with Gasteiger partial charge in [-0.2, -0.15) is 0 Å². The Balaban J connectivity index is 1.71. The van der Waals surface area contributed by atoms with E-state index in [1.807, 2.05) is 14.1 Å². The van der Waals surface area contributed by atoms with Crippen LogP contribution in [0.5, 0.6) is 0 Å². The summed E-state index contributed by atoms with van der Waals surface area (Å²) >= 11 is 0. The predicted molar refractivity (Wildman–Crippen MR) is 91.0 cm³/mol. The van der Waals surface area contributed by atoms with Crippen LogP contribution in [0.4, 0.5) is 0 Å². The minimum Gasteiger partial charge on any atom is -0.387 e. The van der Waals surface area contributed by atoms with Crippen LogP contribution >= 0.6 is 0 Å². The number of rotatable bonds is 5. The van der Waals surface area contributed by atoms with E-state index in [0.29, 0.717) is 0 Å². The van der Waals surface area contributed by atoms with Crippen LogP contribution in [-0.4, -0.2) is 58.8 Å². The topological polar surface area (TPSA) is 31.6 Å². The zero-order chi connectivity index (χ0) is 15.7. The molecule has 1 N–H and O–H groups in total. The molecule has 4 heteroatoms. The van der Waals surface area contributed by atoms with Crippen molar-refractivity contribution in [3.8, 4) is 0 Å². The average Bonchev–Trinajstić information content (AvgIpc) is 3.01. The van der Waals surface area contributed by atoms with Crippen LogP contribution in [0.15, 0.2) is 30.5 Å². The Morgan fingerprint density at radius 2 is 2.09 bits per heavy atom. The summed E-state index contributed by atoms with van der Waals surface area (Å²) < 4.78 is 2.28. The third kappa shape index (κ3) is 3.19. The highest BCUT2D eigenvalue weighted by Crippen LogP contribution is 2.25. The minimum absolute atomic E-state index is 0.558. The maximum atomic E-state index is 10.6. The number of hydrogen-bond acceptors (Lipinski definition) is 3. The third-order valence-electron chi connectivity index (χ3n) is 4.61. The Labute approximate surface area is 132 Å². The van der Waals surface area contributed by atoms with E-state index in [0.717, 1.165) is 39.1 Å². The zero-order valence-corrected chi connectivity index (χ0v) is 13.9. The fourth-order valence-corrected chi connectivity index (χ4v) is 3.66. The molecule has 1 unspecified atom stereocenters. The Morgan fingerprint density at radius 1 is 1.27 bits per heavy atom. The van der Waals surface area contributed by atoms with E-state index in [9.17, 15) is 5.11 Å². The van der Waals surface area contributed by atoms with Crippen molar-refractivity contribution >= 4 is 10.9 Å². The van der Waals surface area contributed by atoms with Gasteiger partial charge in [-0.15, -0.1) is 0 Å². The standard InChI is InChI=1S/C18H27N3O/c1-4-21-9-7-16-6-5-15(11-17(16)21)12-20-10-8-18(22,14-20)13-19(2)3/h5-7,9,11,22H,4,8,10,12-14H2,1-3H3. The number of aromatic nitrogens is 1. The van der Waals surface area contributed by atoms with Gasteiger partial charge in [0.15, 0.2) is 0 Å². The lowest BCUT2D eigenvalue weighted by Crippen LogP contribution is -2.42. The van der Waals surface area contributed by atoms with E-state index in [-0.39, 0.29) is 0 Å². The Bertz CT molecular complexity index is 649. The van der Waals surface area contributed by atoms with Crippen LogP contribution in [0.3, 0.4) is 0 Å². The molecule has 2 heterocycles. The van der Waals surface area contributed by atoms with Crippen molar-refractivity contribution in [1.29, 1.82) is 0 Å². The molecular formula is C18H27N3O. The number of hydrogen-bond donors (Lipinski definition) is 1. The molecule has 1 aliphatic heterocycles. The monoisotopic (exact) mass is 301 g/mol. The van der Waals surface area contributed by atoms with Crippen LogP contribution in [0.25, 0.3) is 10.9 Å². The molecule has 1 aromatic heterocycles. The Hall–Kier alpha value is -1.36. The highest BCUT2D eigenvalue weighted by Gasteiger charge is 2.36. The molecule has 1 aliphatic rings. The lowest BCUT2D eigenvalue weighted by molar-refractivity contribution is 0.0240. The number of likely N-dealkylation sites (N-methyl/N-ethyl adjacent to an activating group) is 1. The highest BCUT2D eigenvalue weighted by atomic mass is 16.3. The highest BCUT2D eigenvalue weighted by molar-refractivity contribution is 5.80. The summed E-state index contributed by atoms with van der Waals surface area (Å²) in [4.78, 5) is 4.44. The van der Waals surface area contributed by atoms with Crippen LogP contribution in [-0.2, 0) is 13.1 Å². The number of likely N-dealkylation sites (tertiary alicyclic amines) is 1. The SMILES string of the molecule is CCn1ccc2ccc(CN3CCC(O)(CN(C)C)C3)cc21. The first-order valence-corrected chi connectivity index (χ1v) is 8.16. The van der Waals surface area contributed by atoms with Crippen molar-refractivity contribution < 1.29 is 5.11 Å². The average molecular weight is 301 g/mol. The van der Waals surface area contributed by atoms with E-state index in [1.54, 1.807) is 0 Å². The van der Waals surface area contributed by atoms with Gasteiger partial charge in [-0.05, 0) is 50.5 Å². The van der Waals surface area contributed by atoms with E-state index in [4.69, 9.17) is 0 Å². The first kappa shape index (κ1) is 15.5. The first-order chi connectivity index (χ1) is 10.5. The second kappa shape index (κ2) is 6.03. The van der Waals surface area contributed by atoms with Gasteiger partial charge in [0.25, 0.3) is 0 Å². The lowest BCUT2D eigenvalue weighted by atomic mass is 10.0. The number of benzene rings is 1. The van der Waals surface area contributed by atoms with E-state index >= 15 is 0 Å². The predicted octanol–water partition coefficient (Wildman–Crippen LogP) is 2.16. The van der Waals surface area contributed by atoms with E-state index < -0.39 is 5.60 Å². The maximum absolute atomic E-state index is 10.6. The Kier molecular flexibility index (Phi) is 4.26. The van der Waals surface area contributed by atoms with Gasteiger partial charge in [-0.1, -0.05) is 12.1 Å².